The van der Waals surface area contributed by atoms with Crippen molar-refractivity contribution in [1.29, 1.82) is 0 Å². The van der Waals surface area contributed by atoms with Crippen LogP contribution >= 0.6 is 0 Å². The molecule has 1 aromatic rings. The fourth-order valence-corrected chi connectivity index (χ4v) is 2.13. The molecule has 0 spiro atoms. The van der Waals surface area contributed by atoms with Crippen LogP contribution in [-0.4, -0.2) is 36.4 Å². The smallest absolute Gasteiger partial charge is 0.242 e. The first kappa shape index (κ1) is 18.0. The monoisotopic (exact) mass is 306 g/mol. The maximum atomic E-state index is 12.1. The number of unbranched alkanes of at least 4 members (excludes halogenated alkanes) is 1. The molecular formula is C17H26N2O3. The van der Waals surface area contributed by atoms with Crippen molar-refractivity contribution in [2.75, 3.05) is 13.7 Å². The van der Waals surface area contributed by atoms with E-state index < -0.39 is 6.04 Å². The lowest BCUT2D eigenvalue weighted by atomic mass is 10.1. The van der Waals surface area contributed by atoms with Gasteiger partial charge in [-0.1, -0.05) is 25.5 Å². The first-order valence-electron chi connectivity index (χ1n) is 7.67. The molecular weight excluding hydrogens is 280 g/mol. The second kappa shape index (κ2) is 9.07. The Morgan fingerprint density at radius 3 is 2.41 bits per heavy atom. The minimum Gasteiger partial charge on any atom is -0.497 e. The fraction of sp³-hybridized carbons (Fsp3) is 0.529. The summed E-state index contributed by atoms with van der Waals surface area (Å²) in [6.45, 7) is 6.36. The van der Waals surface area contributed by atoms with E-state index in [1.165, 1.54) is 6.92 Å². The number of amides is 2. The van der Waals surface area contributed by atoms with Gasteiger partial charge in [0.1, 0.15) is 11.8 Å². The van der Waals surface area contributed by atoms with Crippen molar-refractivity contribution in [1.82, 2.24) is 10.2 Å². The second-order valence-electron chi connectivity index (χ2n) is 5.32. The zero-order valence-corrected chi connectivity index (χ0v) is 13.9. The lowest BCUT2D eigenvalue weighted by Crippen LogP contribution is -2.47. The van der Waals surface area contributed by atoms with E-state index in [0.717, 1.165) is 24.2 Å². The Balaban J connectivity index is 2.71. The van der Waals surface area contributed by atoms with Gasteiger partial charge in [-0.2, -0.15) is 0 Å². The summed E-state index contributed by atoms with van der Waals surface area (Å²) < 4.78 is 5.12. The largest absolute Gasteiger partial charge is 0.497 e. The summed E-state index contributed by atoms with van der Waals surface area (Å²) in [4.78, 5) is 25.6. The SMILES string of the molecule is CCCCNC(=O)C(C)N(Cc1ccc(OC)cc1)C(C)=O. The number of nitrogens with one attached hydrogen (secondary N) is 1. The topological polar surface area (TPSA) is 58.6 Å². The van der Waals surface area contributed by atoms with Crippen LogP contribution < -0.4 is 10.1 Å². The molecule has 1 unspecified atom stereocenters. The van der Waals surface area contributed by atoms with Crippen LogP contribution in [0.3, 0.4) is 0 Å². The number of benzene rings is 1. The van der Waals surface area contributed by atoms with Gasteiger partial charge in [-0.15, -0.1) is 0 Å². The predicted octanol–water partition coefficient (Wildman–Crippen LogP) is 2.35. The molecule has 0 bridgehead atoms. The van der Waals surface area contributed by atoms with Crippen molar-refractivity contribution < 1.29 is 14.3 Å². The maximum absolute atomic E-state index is 12.1. The molecule has 0 aliphatic rings. The molecule has 0 aromatic heterocycles. The molecule has 0 heterocycles. The fourth-order valence-electron chi connectivity index (χ4n) is 2.13. The number of ether oxygens (including phenoxy) is 1. The third kappa shape index (κ3) is 5.39. The minimum absolute atomic E-state index is 0.114. The van der Waals surface area contributed by atoms with E-state index in [0.29, 0.717) is 13.1 Å². The Kier molecular flexibility index (Phi) is 7.43. The molecule has 1 N–H and O–H groups in total. The number of carbonyl (C=O) groups excluding carboxylic acids is 2. The molecule has 0 saturated carbocycles. The average Bonchev–Trinajstić information content (AvgIpc) is 2.52. The zero-order valence-electron chi connectivity index (χ0n) is 13.9. The van der Waals surface area contributed by atoms with Crippen LogP contribution in [0.15, 0.2) is 24.3 Å². The number of hydrogen-bond acceptors (Lipinski definition) is 3. The summed E-state index contributed by atoms with van der Waals surface area (Å²) in [5, 5.41) is 2.87. The lowest BCUT2D eigenvalue weighted by molar-refractivity contribution is -0.138. The van der Waals surface area contributed by atoms with Crippen molar-refractivity contribution in [3.8, 4) is 5.75 Å². The molecule has 22 heavy (non-hydrogen) atoms. The Morgan fingerprint density at radius 1 is 1.27 bits per heavy atom. The van der Waals surface area contributed by atoms with Crippen molar-refractivity contribution >= 4 is 11.8 Å². The molecule has 0 saturated heterocycles. The molecule has 0 aliphatic carbocycles. The minimum atomic E-state index is -0.489. The van der Waals surface area contributed by atoms with Gasteiger partial charge >= 0.3 is 0 Å². The molecule has 0 fully saturated rings. The van der Waals surface area contributed by atoms with Crippen LogP contribution in [0.1, 0.15) is 39.2 Å². The van der Waals surface area contributed by atoms with Gasteiger partial charge in [-0.3, -0.25) is 9.59 Å². The molecule has 5 nitrogen and oxygen atoms in total. The summed E-state index contributed by atoms with van der Waals surface area (Å²) >= 11 is 0. The Labute approximate surface area is 132 Å². The number of carbonyl (C=O) groups is 2. The number of hydrogen-bond donors (Lipinski definition) is 1. The standard InChI is InChI=1S/C17H26N2O3/c1-5-6-11-18-17(21)13(2)19(14(3)20)12-15-7-9-16(22-4)10-8-15/h7-10,13H,5-6,11-12H2,1-4H3,(H,18,21). The van der Waals surface area contributed by atoms with Gasteiger partial charge in [0.25, 0.3) is 0 Å². The van der Waals surface area contributed by atoms with E-state index in [1.807, 2.05) is 24.3 Å². The van der Waals surface area contributed by atoms with E-state index in [1.54, 1.807) is 18.9 Å². The van der Waals surface area contributed by atoms with Gasteiger partial charge in [0.2, 0.25) is 11.8 Å². The summed E-state index contributed by atoms with van der Waals surface area (Å²) in [6, 6.07) is 7.00. The third-order valence-electron chi connectivity index (χ3n) is 3.59. The predicted molar refractivity (Wildman–Crippen MR) is 86.6 cm³/mol. The van der Waals surface area contributed by atoms with Crippen molar-refractivity contribution in [3.63, 3.8) is 0 Å². The van der Waals surface area contributed by atoms with Crippen LogP contribution in [0, 0.1) is 0 Å². The molecule has 1 aromatic carbocycles. The normalized spacial score (nSPS) is 11.6. The summed E-state index contributed by atoms with van der Waals surface area (Å²) in [5.41, 5.74) is 0.962. The molecule has 0 radical (unpaired) electrons. The molecule has 5 heteroatoms. The van der Waals surface area contributed by atoms with Crippen LogP contribution in [-0.2, 0) is 16.1 Å². The first-order chi connectivity index (χ1) is 10.5. The number of rotatable bonds is 8. The van der Waals surface area contributed by atoms with Gasteiger partial charge < -0.3 is 15.0 Å². The zero-order chi connectivity index (χ0) is 16.5. The van der Waals surface area contributed by atoms with E-state index in [2.05, 4.69) is 12.2 Å². The van der Waals surface area contributed by atoms with E-state index in [4.69, 9.17) is 4.74 Å². The highest BCUT2D eigenvalue weighted by Gasteiger charge is 2.23. The van der Waals surface area contributed by atoms with Crippen LogP contribution in [0.5, 0.6) is 5.75 Å². The summed E-state index contributed by atoms with van der Waals surface area (Å²) in [7, 11) is 1.61. The van der Waals surface area contributed by atoms with Gasteiger partial charge in [0, 0.05) is 20.0 Å². The molecule has 1 atom stereocenters. The average molecular weight is 306 g/mol. The summed E-state index contributed by atoms with van der Waals surface area (Å²) in [5.74, 6) is 0.537. The van der Waals surface area contributed by atoms with Crippen LogP contribution in [0.25, 0.3) is 0 Å². The summed E-state index contributed by atoms with van der Waals surface area (Å²) in [6.07, 6.45) is 1.97. The quantitative estimate of drug-likeness (QED) is 0.750. The van der Waals surface area contributed by atoms with Crippen LogP contribution in [0.4, 0.5) is 0 Å². The Bertz CT molecular complexity index is 485. The molecule has 2 amide bonds. The highest BCUT2D eigenvalue weighted by molar-refractivity contribution is 5.86. The maximum Gasteiger partial charge on any atom is 0.242 e. The molecule has 1 rings (SSSR count). The second-order valence-corrected chi connectivity index (χ2v) is 5.32. The first-order valence-corrected chi connectivity index (χ1v) is 7.67. The highest BCUT2D eigenvalue weighted by Crippen LogP contribution is 2.14. The highest BCUT2D eigenvalue weighted by atomic mass is 16.5. The van der Waals surface area contributed by atoms with Crippen molar-refractivity contribution in [3.05, 3.63) is 29.8 Å². The van der Waals surface area contributed by atoms with E-state index >= 15 is 0 Å². The third-order valence-corrected chi connectivity index (χ3v) is 3.59. The van der Waals surface area contributed by atoms with Gasteiger partial charge in [-0.05, 0) is 31.0 Å². The number of methoxy groups -OCH3 is 1. The number of nitrogens with zero attached hydrogens (tertiary/aromatic N) is 1. The van der Waals surface area contributed by atoms with Gasteiger partial charge in [-0.25, -0.2) is 0 Å². The van der Waals surface area contributed by atoms with Gasteiger partial charge in [0.15, 0.2) is 0 Å². The van der Waals surface area contributed by atoms with E-state index in [9.17, 15) is 9.59 Å². The van der Waals surface area contributed by atoms with Crippen molar-refractivity contribution in [2.24, 2.45) is 0 Å². The molecule has 0 aliphatic heterocycles. The molecule has 122 valence electrons. The Hall–Kier alpha value is -2.04. The van der Waals surface area contributed by atoms with E-state index in [-0.39, 0.29) is 11.8 Å². The Morgan fingerprint density at radius 2 is 1.91 bits per heavy atom. The van der Waals surface area contributed by atoms with Crippen molar-refractivity contribution in [2.45, 2.75) is 46.2 Å². The van der Waals surface area contributed by atoms with Gasteiger partial charge in [0.05, 0.1) is 7.11 Å². The lowest BCUT2D eigenvalue weighted by Gasteiger charge is -2.27. The van der Waals surface area contributed by atoms with Crippen LogP contribution in [0.2, 0.25) is 0 Å².